The Morgan fingerprint density at radius 3 is 2.30 bits per heavy atom. The van der Waals surface area contributed by atoms with Gasteiger partial charge in [0, 0.05) is 17.9 Å². The van der Waals surface area contributed by atoms with Gasteiger partial charge in [0.25, 0.3) is 5.91 Å². The predicted molar refractivity (Wildman–Crippen MR) is 158 cm³/mol. The van der Waals surface area contributed by atoms with Crippen LogP contribution in [0, 0.1) is 5.92 Å². The molecule has 1 heterocycles. The first-order valence-electron chi connectivity index (χ1n) is 12.7. The summed E-state index contributed by atoms with van der Waals surface area (Å²) in [5.41, 5.74) is 0.0104. The van der Waals surface area contributed by atoms with Crippen LogP contribution >= 0.6 is 34.9 Å². The number of aromatic carboxylic acids is 1. The predicted octanol–water partition coefficient (Wildman–Crippen LogP) is 2.86. The third-order valence-electron chi connectivity index (χ3n) is 6.13. The van der Waals surface area contributed by atoms with Crippen LogP contribution in [-0.2, 0) is 26.2 Å². The standard InChI is InChI=1S/C26H26N4O9S4/c31-20-8-7-17(9-18(20)24(36)37)43(38,39)27-11-14-3-5-16(6-4-14)23(35)28-19(10-22(33)34)21(32)13-41-26-30-29-25(42-26)40-12-15-1-2-15/h3-9,15,19,27,31H,1-2,10-13H2,(H,28,35)(H,33,34)(H,36,37)/t19-/m0/s1. The molecule has 17 heteroatoms. The lowest BCUT2D eigenvalue weighted by atomic mass is 10.1. The van der Waals surface area contributed by atoms with Gasteiger partial charge in [-0.2, -0.15) is 0 Å². The fourth-order valence-corrected chi connectivity index (χ4v) is 7.79. The molecule has 0 aliphatic heterocycles. The first-order valence-corrected chi connectivity index (χ1v) is 17.0. The number of carbonyl (C=O) groups excluding carboxylic acids is 2. The molecule has 0 saturated heterocycles. The zero-order valence-corrected chi connectivity index (χ0v) is 25.5. The highest BCUT2D eigenvalue weighted by atomic mass is 32.2. The fourth-order valence-electron chi connectivity index (χ4n) is 3.57. The van der Waals surface area contributed by atoms with Crippen LogP contribution in [0.2, 0.25) is 0 Å². The number of hydrogen-bond acceptors (Lipinski definition) is 12. The van der Waals surface area contributed by atoms with Gasteiger partial charge in [-0.1, -0.05) is 47.0 Å². The van der Waals surface area contributed by atoms with Gasteiger partial charge in [0.1, 0.15) is 11.3 Å². The summed E-state index contributed by atoms with van der Waals surface area (Å²) in [4.78, 5) is 47.8. The molecule has 0 bridgehead atoms. The first kappa shape index (κ1) is 32.4. The maximum Gasteiger partial charge on any atom is 0.339 e. The van der Waals surface area contributed by atoms with Crippen molar-refractivity contribution in [3.8, 4) is 5.75 Å². The molecule has 5 N–H and O–H groups in total. The largest absolute Gasteiger partial charge is 0.507 e. The Labute approximate surface area is 258 Å². The van der Waals surface area contributed by atoms with Gasteiger partial charge in [0.2, 0.25) is 10.0 Å². The van der Waals surface area contributed by atoms with Crippen LogP contribution in [0.15, 0.2) is 56.0 Å². The Kier molecular flexibility index (Phi) is 10.8. The molecule has 1 fully saturated rings. The van der Waals surface area contributed by atoms with Crippen molar-refractivity contribution >= 4 is 68.5 Å². The number of nitrogens with zero attached hydrogens (tertiary/aromatic N) is 2. The molecule has 2 aromatic carbocycles. The summed E-state index contributed by atoms with van der Waals surface area (Å²) in [5.74, 6) is -2.89. The Bertz CT molecular complexity index is 1620. The lowest BCUT2D eigenvalue weighted by Crippen LogP contribution is -2.43. The second-order valence-corrected chi connectivity index (χ2v) is 14.7. The van der Waals surface area contributed by atoms with E-state index in [4.69, 9.17) is 5.11 Å². The molecule has 0 unspecified atom stereocenters. The minimum Gasteiger partial charge on any atom is -0.507 e. The Morgan fingerprint density at radius 2 is 1.67 bits per heavy atom. The van der Waals surface area contributed by atoms with Crippen LogP contribution in [0.25, 0.3) is 0 Å². The number of rotatable bonds is 16. The number of carbonyl (C=O) groups is 4. The van der Waals surface area contributed by atoms with E-state index in [-0.39, 0.29) is 22.8 Å². The SMILES string of the molecule is O=C(O)C[C@H](NC(=O)c1ccc(CNS(=O)(=O)c2ccc(O)c(C(=O)O)c2)cc1)C(=O)CSc1nnc(SCC2CC2)s1. The number of thioether (sulfide) groups is 2. The van der Waals surface area contributed by atoms with Gasteiger partial charge in [-0.05, 0) is 54.7 Å². The number of phenols is 1. The minimum absolute atomic E-state index is 0.103. The number of aliphatic carboxylic acids is 1. The average Bonchev–Trinajstić information content (AvgIpc) is 3.69. The normalized spacial score (nSPS) is 13.8. The topological polar surface area (TPSA) is 213 Å². The molecule has 0 spiro atoms. The van der Waals surface area contributed by atoms with Crippen LogP contribution in [0.5, 0.6) is 5.75 Å². The van der Waals surface area contributed by atoms with Gasteiger partial charge in [-0.25, -0.2) is 17.9 Å². The number of aromatic hydroxyl groups is 1. The Balaban J connectivity index is 1.32. The number of benzene rings is 2. The summed E-state index contributed by atoms with van der Waals surface area (Å²) in [6.45, 7) is -0.197. The molecule has 1 atom stereocenters. The second-order valence-electron chi connectivity index (χ2n) is 9.47. The highest BCUT2D eigenvalue weighted by molar-refractivity contribution is 8.03. The van der Waals surface area contributed by atoms with Gasteiger partial charge in [-0.3, -0.25) is 14.4 Å². The van der Waals surface area contributed by atoms with Crippen molar-refractivity contribution in [3.05, 3.63) is 59.2 Å². The molecule has 13 nitrogen and oxygen atoms in total. The molecule has 43 heavy (non-hydrogen) atoms. The van der Waals surface area contributed by atoms with Crippen molar-refractivity contribution < 1.29 is 42.9 Å². The number of ketones is 1. The van der Waals surface area contributed by atoms with E-state index in [1.54, 1.807) is 11.8 Å². The van der Waals surface area contributed by atoms with E-state index in [0.717, 1.165) is 46.0 Å². The van der Waals surface area contributed by atoms with Crippen LogP contribution in [-0.4, -0.2) is 75.1 Å². The van der Waals surface area contributed by atoms with E-state index in [1.807, 2.05) is 0 Å². The monoisotopic (exact) mass is 666 g/mol. The number of sulfonamides is 1. The van der Waals surface area contributed by atoms with E-state index >= 15 is 0 Å². The van der Waals surface area contributed by atoms with Crippen molar-refractivity contribution in [2.45, 2.75) is 45.4 Å². The van der Waals surface area contributed by atoms with Gasteiger partial charge in [0.15, 0.2) is 14.5 Å². The van der Waals surface area contributed by atoms with Crippen molar-refractivity contribution in [2.24, 2.45) is 5.92 Å². The summed E-state index contributed by atoms with van der Waals surface area (Å²) < 4.78 is 28.9. The maximum atomic E-state index is 12.8. The molecule has 1 saturated carbocycles. The van der Waals surface area contributed by atoms with Gasteiger partial charge in [0.05, 0.1) is 23.1 Å². The highest BCUT2D eigenvalue weighted by Gasteiger charge is 2.26. The molecule has 1 aliphatic carbocycles. The van der Waals surface area contributed by atoms with Gasteiger partial charge < -0.3 is 20.6 Å². The van der Waals surface area contributed by atoms with Gasteiger partial charge in [-0.15, -0.1) is 10.2 Å². The zero-order chi connectivity index (χ0) is 31.1. The number of carboxylic acid groups (broad SMARTS) is 2. The zero-order valence-electron chi connectivity index (χ0n) is 22.3. The Morgan fingerprint density at radius 1 is 1.00 bits per heavy atom. The Hall–Kier alpha value is -3.51. The third kappa shape index (κ3) is 9.49. The molecular formula is C26H26N4O9S4. The first-order chi connectivity index (χ1) is 20.4. The summed E-state index contributed by atoms with van der Waals surface area (Å²) in [6, 6.07) is 7.30. The molecule has 1 amide bonds. The molecule has 1 aromatic heterocycles. The molecule has 3 aromatic rings. The minimum atomic E-state index is -4.13. The smallest absolute Gasteiger partial charge is 0.339 e. The van der Waals surface area contributed by atoms with E-state index in [9.17, 15) is 37.8 Å². The van der Waals surface area contributed by atoms with Crippen molar-refractivity contribution in [1.29, 1.82) is 0 Å². The van der Waals surface area contributed by atoms with Gasteiger partial charge >= 0.3 is 11.9 Å². The van der Waals surface area contributed by atoms with Crippen LogP contribution < -0.4 is 10.0 Å². The van der Waals surface area contributed by atoms with Crippen molar-refractivity contribution in [3.63, 3.8) is 0 Å². The van der Waals surface area contributed by atoms with Crippen molar-refractivity contribution in [1.82, 2.24) is 20.2 Å². The molecular weight excluding hydrogens is 641 g/mol. The number of aromatic nitrogens is 2. The number of Topliss-reactive ketones (excluding diaryl/α,β-unsaturated/α-hetero) is 1. The quantitative estimate of drug-likeness (QED) is 0.139. The van der Waals surface area contributed by atoms with Crippen LogP contribution in [0.1, 0.15) is 45.5 Å². The molecule has 228 valence electrons. The fraction of sp³-hybridized carbons (Fsp3) is 0.308. The maximum absolute atomic E-state index is 12.8. The van der Waals surface area contributed by atoms with E-state index < -0.39 is 57.4 Å². The van der Waals surface area contributed by atoms with Crippen LogP contribution in [0.4, 0.5) is 0 Å². The lowest BCUT2D eigenvalue weighted by Gasteiger charge is -2.16. The van der Waals surface area contributed by atoms with Crippen LogP contribution in [0.3, 0.4) is 0 Å². The summed E-state index contributed by atoms with van der Waals surface area (Å²) in [6.07, 6.45) is 1.85. The van der Waals surface area contributed by atoms with E-state index in [0.29, 0.717) is 9.90 Å². The third-order valence-corrected chi connectivity index (χ3v) is 11.0. The second kappa shape index (κ2) is 14.3. The summed E-state index contributed by atoms with van der Waals surface area (Å²) in [7, 11) is -4.13. The average molecular weight is 667 g/mol. The molecule has 0 radical (unpaired) electrons. The summed E-state index contributed by atoms with van der Waals surface area (Å²) in [5, 5.41) is 38.6. The molecule has 1 aliphatic rings. The number of nitrogens with one attached hydrogen (secondary N) is 2. The lowest BCUT2D eigenvalue weighted by molar-refractivity contribution is -0.139. The van der Waals surface area contributed by atoms with Crippen molar-refractivity contribution in [2.75, 3.05) is 11.5 Å². The molecule has 4 rings (SSSR count). The summed E-state index contributed by atoms with van der Waals surface area (Å²) >= 11 is 4.11. The van der Waals surface area contributed by atoms with E-state index in [1.165, 1.54) is 48.4 Å². The number of hydrogen-bond donors (Lipinski definition) is 5. The van der Waals surface area contributed by atoms with E-state index in [2.05, 4.69) is 20.2 Å². The highest BCUT2D eigenvalue weighted by Crippen LogP contribution is 2.37. The number of amides is 1. The number of carboxylic acids is 2.